The number of nitriles is 1. The van der Waals surface area contributed by atoms with Crippen molar-refractivity contribution in [2.45, 2.75) is 44.7 Å². The molecule has 10 heteroatoms. The summed E-state index contributed by atoms with van der Waals surface area (Å²) in [5.74, 6) is 0.422. The molecule has 4 heterocycles. The molecule has 0 spiro atoms. The lowest BCUT2D eigenvalue weighted by Crippen LogP contribution is -2.23. The average molecular weight is 459 g/mol. The van der Waals surface area contributed by atoms with Crippen LogP contribution in [-0.2, 0) is 24.9 Å². The van der Waals surface area contributed by atoms with E-state index < -0.39 is 5.41 Å². The van der Waals surface area contributed by atoms with Gasteiger partial charge in [-0.1, -0.05) is 6.07 Å². The first-order valence-corrected chi connectivity index (χ1v) is 12.0. The van der Waals surface area contributed by atoms with Gasteiger partial charge in [0.05, 0.1) is 11.8 Å². The molecule has 0 atom stereocenters. The second kappa shape index (κ2) is 7.50. The zero-order chi connectivity index (χ0) is 22.6. The maximum Gasteiger partial charge on any atom is 0.278 e. The number of hydrogen-bond acceptors (Lipinski definition) is 8. The molecule has 0 unspecified atom stereocenters. The van der Waals surface area contributed by atoms with Gasteiger partial charge in [-0.3, -0.25) is 4.79 Å². The lowest BCUT2D eigenvalue weighted by atomic mass is 10.0. The highest BCUT2D eigenvalue weighted by molar-refractivity contribution is 7.12. The van der Waals surface area contributed by atoms with Gasteiger partial charge in [-0.15, -0.1) is 11.3 Å². The van der Waals surface area contributed by atoms with Gasteiger partial charge < -0.3 is 10.6 Å². The summed E-state index contributed by atoms with van der Waals surface area (Å²) in [6.45, 7) is 4.24. The topological polar surface area (TPSA) is 113 Å². The monoisotopic (exact) mass is 458 g/mol. The number of nitrogens with one attached hydrogen (secondary N) is 2. The first kappa shape index (κ1) is 20.1. The van der Waals surface area contributed by atoms with Crippen molar-refractivity contribution in [1.82, 2.24) is 29.6 Å². The van der Waals surface area contributed by atoms with Crippen LogP contribution in [0.5, 0.6) is 0 Å². The maximum atomic E-state index is 13.0. The van der Waals surface area contributed by atoms with Crippen molar-refractivity contribution in [3.05, 3.63) is 57.0 Å². The third kappa shape index (κ3) is 3.23. The van der Waals surface area contributed by atoms with E-state index in [2.05, 4.69) is 33.8 Å². The van der Waals surface area contributed by atoms with E-state index in [1.54, 1.807) is 15.6 Å². The van der Waals surface area contributed by atoms with Crippen LogP contribution in [-0.4, -0.2) is 30.9 Å². The molecule has 1 aliphatic carbocycles. The molecule has 1 saturated carbocycles. The lowest BCUT2D eigenvalue weighted by Gasteiger charge is -2.18. The van der Waals surface area contributed by atoms with Gasteiger partial charge in [0.1, 0.15) is 10.8 Å². The van der Waals surface area contributed by atoms with Gasteiger partial charge in [0.25, 0.3) is 5.56 Å². The Hall–Kier alpha value is -3.55. The molecule has 166 valence electrons. The number of rotatable bonds is 5. The lowest BCUT2D eigenvalue weighted by molar-refractivity contribution is 0.572. The minimum atomic E-state index is -0.473. The number of hydrogen-bond donors (Lipinski definition) is 2. The van der Waals surface area contributed by atoms with Crippen LogP contribution in [0.15, 0.2) is 34.6 Å². The summed E-state index contributed by atoms with van der Waals surface area (Å²) >= 11 is 1.42. The molecule has 9 nitrogen and oxygen atoms in total. The normalized spacial score (nSPS) is 16.4. The van der Waals surface area contributed by atoms with Crippen LogP contribution in [0.25, 0.3) is 16.2 Å². The molecule has 0 saturated heterocycles. The summed E-state index contributed by atoms with van der Waals surface area (Å²) in [4.78, 5) is 26.9. The van der Waals surface area contributed by atoms with Crippen LogP contribution >= 0.6 is 11.3 Å². The third-order valence-corrected chi connectivity index (χ3v) is 7.27. The second-order valence-electron chi connectivity index (χ2n) is 8.51. The molecule has 6 rings (SSSR count). The van der Waals surface area contributed by atoms with Crippen molar-refractivity contribution in [2.24, 2.45) is 0 Å². The van der Waals surface area contributed by atoms with Gasteiger partial charge in [-0.05, 0) is 56.0 Å². The number of aromatic nitrogens is 5. The molecule has 3 aromatic heterocycles. The van der Waals surface area contributed by atoms with Crippen LogP contribution in [0.2, 0.25) is 0 Å². The molecule has 33 heavy (non-hydrogen) atoms. The summed E-state index contributed by atoms with van der Waals surface area (Å²) < 4.78 is 3.37. The quantitative estimate of drug-likeness (QED) is 0.473. The van der Waals surface area contributed by atoms with E-state index in [0.29, 0.717) is 28.7 Å². The number of benzene rings is 1. The van der Waals surface area contributed by atoms with E-state index in [-0.39, 0.29) is 5.56 Å². The highest BCUT2D eigenvalue weighted by Crippen LogP contribution is 2.47. The van der Waals surface area contributed by atoms with E-state index in [1.807, 2.05) is 18.4 Å². The molecule has 0 radical (unpaired) electrons. The fraction of sp³-hybridized carbons (Fsp3) is 0.348. The summed E-state index contributed by atoms with van der Waals surface area (Å²) in [7, 11) is 0. The second-order valence-corrected chi connectivity index (χ2v) is 9.34. The maximum absolute atomic E-state index is 13.0. The predicted molar refractivity (Wildman–Crippen MR) is 126 cm³/mol. The van der Waals surface area contributed by atoms with E-state index in [1.165, 1.54) is 22.5 Å². The van der Waals surface area contributed by atoms with Gasteiger partial charge in [-0.25, -0.2) is 19.3 Å². The Morgan fingerprint density at radius 2 is 2.18 bits per heavy atom. The van der Waals surface area contributed by atoms with Crippen LogP contribution in [0.3, 0.4) is 0 Å². The van der Waals surface area contributed by atoms with Gasteiger partial charge in [0.2, 0.25) is 11.1 Å². The SMILES string of the molecule is CCn1c(=O)c2cnc(Nc3ccc4c(c3)CCNC4)nc2n1-c1nc(C2(C#N)CC2)cs1. The average Bonchev–Trinajstić information content (AvgIpc) is 3.40. The van der Waals surface area contributed by atoms with Crippen molar-refractivity contribution in [2.75, 3.05) is 11.9 Å². The van der Waals surface area contributed by atoms with E-state index >= 15 is 0 Å². The molecular formula is C23H22N8OS. The van der Waals surface area contributed by atoms with Crippen molar-refractivity contribution < 1.29 is 0 Å². The standard InChI is InChI=1S/C23H22N8OS/c1-2-30-20(32)17-11-26-21(27-16-4-3-15-10-25-8-5-14(15)9-16)29-19(17)31(30)22-28-18(12-33-22)23(13-24)6-7-23/h3-4,9,11-12,25H,2,5-8,10H2,1H3,(H,26,27,29). The molecule has 1 fully saturated rings. The van der Waals surface area contributed by atoms with Gasteiger partial charge in [-0.2, -0.15) is 10.2 Å². The smallest absolute Gasteiger partial charge is 0.278 e. The molecule has 2 N–H and O–H groups in total. The van der Waals surface area contributed by atoms with Crippen LogP contribution < -0.4 is 16.2 Å². The molecule has 4 aromatic rings. The fourth-order valence-electron chi connectivity index (χ4n) is 4.38. The predicted octanol–water partition coefficient (Wildman–Crippen LogP) is 3.00. The third-order valence-electron chi connectivity index (χ3n) is 6.45. The Morgan fingerprint density at radius 3 is 2.97 bits per heavy atom. The highest BCUT2D eigenvalue weighted by Gasteiger charge is 2.47. The van der Waals surface area contributed by atoms with Gasteiger partial charge >= 0.3 is 0 Å². The summed E-state index contributed by atoms with van der Waals surface area (Å²) in [6.07, 6.45) is 4.21. The minimum Gasteiger partial charge on any atom is -0.324 e. The molecule has 1 aromatic carbocycles. The number of nitrogens with zero attached hydrogens (tertiary/aromatic N) is 6. The van der Waals surface area contributed by atoms with E-state index in [4.69, 9.17) is 9.97 Å². The fourth-order valence-corrected chi connectivity index (χ4v) is 5.32. The number of fused-ring (bicyclic) bond motifs is 2. The van der Waals surface area contributed by atoms with Gasteiger partial charge in [0.15, 0.2) is 5.65 Å². The molecule has 2 aliphatic rings. The van der Waals surface area contributed by atoms with Crippen LogP contribution in [0.1, 0.15) is 36.6 Å². The first-order chi connectivity index (χ1) is 16.1. The Balaban J connectivity index is 1.42. The van der Waals surface area contributed by atoms with Crippen molar-refractivity contribution in [3.8, 4) is 11.2 Å². The van der Waals surface area contributed by atoms with Crippen molar-refractivity contribution >= 4 is 34.0 Å². The van der Waals surface area contributed by atoms with Crippen LogP contribution in [0, 0.1) is 11.3 Å². The van der Waals surface area contributed by atoms with Crippen molar-refractivity contribution in [3.63, 3.8) is 0 Å². The largest absolute Gasteiger partial charge is 0.324 e. The van der Waals surface area contributed by atoms with Crippen molar-refractivity contribution in [1.29, 1.82) is 5.26 Å². The summed E-state index contributed by atoms with van der Waals surface area (Å²) in [5.41, 5.74) is 4.19. The molecular weight excluding hydrogens is 436 g/mol. The Kier molecular flexibility index (Phi) is 4.57. The molecule has 1 aliphatic heterocycles. The number of anilines is 2. The zero-order valence-electron chi connectivity index (χ0n) is 18.1. The molecule has 0 amide bonds. The minimum absolute atomic E-state index is 0.154. The molecule has 0 bridgehead atoms. The highest BCUT2D eigenvalue weighted by atomic mass is 32.1. The summed E-state index contributed by atoms with van der Waals surface area (Å²) in [5, 5.41) is 19.2. The Bertz CT molecular complexity index is 1490. The zero-order valence-corrected chi connectivity index (χ0v) is 18.9. The number of thiazole rings is 1. The Labute approximate surface area is 193 Å². The van der Waals surface area contributed by atoms with Gasteiger partial charge in [0, 0.05) is 30.4 Å². The summed E-state index contributed by atoms with van der Waals surface area (Å²) in [6, 6.07) is 8.66. The van der Waals surface area contributed by atoms with E-state index in [9.17, 15) is 10.1 Å². The first-order valence-electron chi connectivity index (χ1n) is 11.1. The van der Waals surface area contributed by atoms with E-state index in [0.717, 1.165) is 43.7 Å². The Morgan fingerprint density at radius 1 is 1.30 bits per heavy atom. The van der Waals surface area contributed by atoms with Crippen LogP contribution in [0.4, 0.5) is 11.6 Å².